The van der Waals surface area contributed by atoms with Crippen molar-refractivity contribution in [3.05, 3.63) is 89.2 Å². The number of aliphatic hydroxyl groups is 1. The van der Waals surface area contributed by atoms with Crippen LogP contribution in [-0.4, -0.2) is 28.7 Å². The lowest BCUT2D eigenvalue weighted by Crippen LogP contribution is -2.29. The monoisotopic (exact) mass is 433 g/mol. The van der Waals surface area contributed by atoms with Crippen LogP contribution < -0.4 is 14.4 Å². The van der Waals surface area contributed by atoms with Crippen molar-refractivity contribution >= 4 is 23.1 Å². The highest BCUT2D eigenvalue weighted by Gasteiger charge is 2.47. The Morgan fingerprint density at radius 3 is 2.47 bits per heavy atom. The van der Waals surface area contributed by atoms with E-state index in [1.54, 1.807) is 24.3 Å². The van der Waals surface area contributed by atoms with Crippen molar-refractivity contribution in [1.82, 2.24) is 0 Å². The third-order valence-electron chi connectivity index (χ3n) is 5.38. The maximum absolute atomic E-state index is 13.5. The molecule has 1 amide bonds. The zero-order valence-electron chi connectivity index (χ0n) is 16.5. The van der Waals surface area contributed by atoms with Gasteiger partial charge in [0.05, 0.1) is 11.6 Å². The summed E-state index contributed by atoms with van der Waals surface area (Å²) in [5.74, 6) is -1.87. The lowest BCUT2D eigenvalue weighted by Gasteiger charge is -2.25. The summed E-state index contributed by atoms with van der Waals surface area (Å²) in [5, 5.41) is 21.1. The van der Waals surface area contributed by atoms with E-state index in [4.69, 9.17) is 9.47 Å². The molecular formula is C24H16FNO6. The quantitative estimate of drug-likeness (QED) is 0.370. The number of hydrogen-bond acceptors (Lipinski definition) is 6. The lowest BCUT2D eigenvalue weighted by atomic mass is 9.95. The van der Waals surface area contributed by atoms with E-state index in [1.165, 1.54) is 47.4 Å². The van der Waals surface area contributed by atoms with Crippen molar-refractivity contribution in [2.24, 2.45) is 0 Å². The predicted octanol–water partition coefficient (Wildman–Crippen LogP) is 3.89. The first-order chi connectivity index (χ1) is 15.4. The second-order valence-electron chi connectivity index (χ2n) is 7.31. The second kappa shape index (κ2) is 7.42. The molecule has 0 aliphatic carbocycles. The van der Waals surface area contributed by atoms with Gasteiger partial charge >= 0.3 is 0 Å². The van der Waals surface area contributed by atoms with Crippen molar-refractivity contribution in [2.75, 3.05) is 11.7 Å². The average Bonchev–Trinajstić information content (AvgIpc) is 3.36. The Morgan fingerprint density at radius 2 is 1.72 bits per heavy atom. The van der Waals surface area contributed by atoms with E-state index < -0.39 is 29.3 Å². The minimum Gasteiger partial charge on any atom is -0.508 e. The van der Waals surface area contributed by atoms with Crippen molar-refractivity contribution in [3.8, 4) is 17.2 Å². The second-order valence-corrected chi connectivity index (χ2v) is 7.31. The van der Waals surface area contributed by atoms with Gasteiger partial charge < -0.3 is 19.7 Å². The van der Waals surface area contributed by atoms with Gasteiger partial charge in [0.1, 0.15) is 17.3 Å². The van der Waals surface area contributed by atoms with Crippen LogP contribution in [0, 0.1) is 5.82 Å². The molecule has 1 saturated heterocycles. The number of carbonyl (C=O) groups excluding carboxylic acids is 2. The molecule has 7 nitrogen and oxygen atoms in total. The summed E-state index contributed by atoms with van der Waals surface area (Å²) in [6, 6.07) is 14.7. The van der Waals surface area contributed by atoms with E-state index in [-0.39, 0.29) is 29.4 Å². The summed E-state index contributed by atoms with van der Waals surface area (Å²) in [6.07, 6.45) is 0. The van der Waals surface area contributed by atoms with Gasteiger partial charge in [0, 0.05) is 11.3 Å². The van der Waals surface area contributed by atoms with Gasteiger partial charge in [-0.3, -0.25) is 14.5 Å². The third-order valence-corrected chi connectivity index (χ3v) is 5.38. The van der Waals surface area contributed by atoms with Gasteiger partial charge in [0.2, 0.25) is 6.79 Å². The van der Waals surface area contributed by atoms with Crippen LogP contribution in [0.15, 0.2) is 72.3 Å². The normalized spacial score (nSPS) is 18.9. The van der Waals surface area contributed by atoms with Crippen molar-refractivity contribution in [3.63, 3.8) is 0 Å². The number of fused-ring (bicyclic) bond motifs is 1. The molecule has 2 heterocycles. The number of amides is 1. The molecule has 0 radical (unpaired) electrons. The Kier molecular flexibility index (Phi) is 4.55. The first-order valence-corrected chi connectivity index (χ1v) is 9.69. The number of benzene rings is 3. The summed E-state index contributed by atoms with van der Waals surface area (Å²) in [5.41, 5.74) is 0.766. The van der Waals surface area contributed by atoms with Gasteiger partial charge in [-0.1, -0.05) is 12.1 Å². The number of phenolic OH excluding ortho intramolecular Hbond substituents is 1. The van der Waals surface area contributed by atoms with E-state index in [0.717, 1.165) is 0 Å². The maximum Gasteiger partial charge on any atom is 0.300 e. The number of rotatable bonds is 3. The number of anilines is 1. The predicted molar refractivity (Wildman–Crippen MR) is 112 cm³/mol. The molecule has 32 heavy (non-hydrogen) atoms. The zero-order valence-corrected chi connectivity index (χ0v) is 16.5. The number of halogens is 1. The van der Waals surface area contributed by atoms with Gasteiger partial charge in [0.25, 0.3) is 11.7 Å². The molecule has 3 aromatic carbocycles. The number of carbonyl (C=O) groups is 2. The van der Waals surface area contributed by atoms with Crippen molar-refractivity contribution in [2.45, 2.75) is 6.04 Å². The number of hydrogen-bond donors (Lipinski definition) is 2. The highest BCUT2D eigenvalue weighted by Crippen LogP contribution is 2.43. The van der Waals surface area contributed by atoms with E-state index in [9.17, 15) is 24.2 Å². The molecule has 2 aliphatic heterocycles. The fraction of sp³-hybridized carbons (Fsp3) is 0.0833. The van der Waals surface area contributed by atoms with Gasteiger partial charge in [-0.05, 0) is 60.2 Å². The molecule has 2 N–H and O–H groups in total. The largest absolute Gasteiger partial charge is 0.508 e. The lowest BCUT2D eigenvalue weighted by molar-refractivity contribution is -0.132. The van der Waals surface area contributed by atoms with E-state index in [0.29, 0.717) is 17.1 Å². The smallest absolute Gasteiger partial charge is 0.300 e. The minimum atomic E-state index is -1.04. The van der Waals surface area contributed by atoms with Crippen LogP contribution in [0.1, 0.15) is 17.2 Å². The number of nitrogens with zero attached hydrogens (tertiary/aromatic N) is 1. The molecule has 0 bridgehead atoms. The van der Waals surface area contributed by atoms with Crippen molar-refractivity contribution in [1.29, 1.82) is 0 Å². The molecule has 1 fully saturated rings. The van der Waals surface area contributed by atoms with Crippen LogP contribution in [0.4, 0.5) is 10.1 Å². The SMILES string of the molecule is O=C1C(=O)N(c2ccc(F)cc2)C(c2cccc(O)c2)/C1=C(/O)c1ccc2c(c1)OCO2. The number of phenols is 1. The Labute approximate surface area is 181 Å². The molecule has 0 saturated carbocycles. The maximum atomic E-state index is 13.5. The average molecular weight is 433 g/mol. The molecular weight excluding hydrogens is 417 g/mol. The first kappa shape index (κ1) is 19.6. The molecule has 8 heteroatoms. The molecule has 160 valence electrons. The van der Waals surface area contributed by atoms with E-state index in [2.05, 4.69) is 0 Å². The number of ether oxygens (including phenoxy) is 2. The molecule has 1 unspecified atom stereocenters. The molecule has 1 atom stereocenters. The summed E-state index contributed by atoms with van der Waals surface area (Å²) in [7, 11) is 0. The van der Waals surface area contributed by atoms with Crippen LogP contribution in [0.2, 0.25) is 0 Å². The Morgan fingerprint density at radius 1 is 0.969 bits per heavy atom. The summed E-state index contributed by atoms with van der Waals surface area (Å²) in [6.45, 7) is 0.0395. The Hall–Kier alpha value is -4.33. The highest BCUT2D eigenvalue weighted by molar-refractivity contribution is 6.51. The Bertz CT molecular complexity index is 1280. The minimum absolute atomic E-state index is 0.0395. The molecule has 0 aromatic heterocycles. The summed E-state index contributed by atoms with van der Waals surface area (Å²) >= 11 is 0. The zero-order chi connectivity index (χ0) is 22.4. The van der Waals surface area contributed by atoms with Crippen molar-refractivity contribution < 1.29 is 33.7 Å². The Balaban J connectivity index is 1.71. The third kappa shape index (κ3) is 3.13. The number of aromatic hydroxyl groups is 1. The summed E-state index contributed by atoms with van der Waals surface area (Å²) in [4.78, 5) is 27.3. The van der Waals surface area contributed by atoms with Crippen LogP contribution in [-0.2, 0) is 9.59 Å². The fourth-order valence-electron chi connectivity index (χ4n) is 3.91. The first-order valence-electron chi connectivity index (χ1n) is 9.69. The van der Waals surface area contributed by atoms with Gasteiger partial charge in [0.15, 0.2) is 11.5 Å². The van der Waals surface area contributed by atoms with Crippen LogP contribution in [0.25, 0.3) is 5.76 Å². The van der Waals surface area contributed by atoms with Crippen LogP contribution in [0.3, 0.4) is 0 Å². The van der Waals surface area contributed by atoms with Crippen LogP contribution in [0.5, 0.6) is 17.2 Å². The summed E-state index contributed by atoms with van der Waals surface area (Å²) < 4.78 is 24.1. The molecule has 0 spiro atoms. The van der Waals surface area contributed by atoms with Crippen LogP contribution >= 0.6 is 0 Å². The van der Waals surface area contributed by atoms with Gasteiger partial charge in [-0.15, -0.1) is 0 Å². The van der Waals surface area contributed by atoms with E-state index in [1.807, 2.05) is 0 Å². The van der Waals surface area contributed by atoms with Gasteiger partial charge in [-0.25, -0.2) is 4.39 Å². The molecule has 2 aliphatic rings. The van der Waals surface area contributed by atoms with E-state index >= 15 is 0 Å². The fourth-order valence-corrected chi connectivity index (χ4v) is 3.91. The number of ketones is 1. The molecule has 3 aromatic rings. The highest BCUT2D eigenvalue weighted by atomic mass is 19.1. The molecule has 5 rings (SSSR count). The standard InChI is InChI=1S/C24H16FNO6/c25-15-5-7-16(8-6-15)26-21(13-2-1-3-17(27)10-13)20(23(29)24(26)30)22(28)14-4-9-18-19(11-14)32-12-31-18/h1-11,21,27-28H,12H2/b22-20-. The van der Waals surface area contributed by atoms with Gasteiger partial charge in [-0.2, -0.15) is 0 Å². The number of Topliss-reactive ketones (excluding diaryl/α,β-unsaturated/α-hetero) is 1. The topological polar surface area (TPSA) is 96.3 Å². The number of aliphatic hydroxyl groups excluding tert-OH is 1.